The highest BCUT2D eigenvalue weighted by molar-refractivity contribution is 5.85. The van der Waals surface area contributed by atoms with Crippen LogP contribution in [0.4, 0.5) is 0 Å². The van der Waals surface area contributed by atoms with Crippen LogP contribution in [0.25, 0.3) is 0 Å². The Kier molecular flexibility index (Phi) is 6.91. The Labute approximate surface area is 110 Å². The minimum absolute atomic E-state index is 0.0672. The number of carbonyl (C=O) groups is 2. The van der Waals surface area contributed by atoms with Crippen LogP contribution in [0.3, 0.4) is 0 Å². The molecule has 4 N–H and O–H groups in total. The van der Waals surface area contributed by atoms with E-state index in [4.69, 9.17) is 5.73 Å². The lowest BCUT2D eigenvalue weighted by atomic mass is 9.91. The molecule has 0 spiro atoms. The van der Waals surface area contributed by atoms with Crippen molar-refractivity contribution in [3.05, 3.63) is 0 Å². The zero-order valence-electron chi connectivity index (χ0n) is 12.2. The Morgan fingerprint density at radius 3 is 2.22 bits per heavy atom. The van der Waals surface area contributed by atoms with Gasteiger partial charge in [0.05, 0.1) is 11.5 Å². The van der Waals surface area contributed by atoms with Gasteiger partial charge in [-0.15, -0.1) is 0 Å². The summed E-state index contributed by atoms with van der Waals surface area (Å²) in [4.78, 5) is 23.5. The predicted molar refractivity (Wildman–Crippen MR) is 72.9 cm³/mol. The Morgan fingerprint density at radius 2 is 1.78 bits per heavy atom. The third kappa shape index (κ3) is 5.04. The molecule has 0 radical (unpaired) electrons. The monoisotopic (exact) mass is 257 g/mol. The quantitative estimate of drug-likeness (QED) is 0.625. The molecule has 0 aromatic rings. The molecule has 0 aliphatic heterocycles. The molecule has 0 saturated heterocycles. The second-order valence-electron chi connectivity index (χ2n) is 5.37. The minimum Gasteiger partial charge on any atom is -0.356 e. The summed E-state index contributed by atoms with van der Waals surface area (Å²) in [5.41, 5.74) is 5.20. The average molecular weight is 257 g/mol. The molecule has 0 bridgehead atoms. The lowest BCUT2D eigenvalue weighted by Gasteiger charge is -2.25. The Balaban J connectivity index is 4.31. The first-order valence-corrected chi connectivity index (χ1v) is 6.57. The van der Waals surface area contributed by atoms with Gasteiger partial charge in [-0.25, -0.2) is 0 Å². The van der Waals surface area contributed by atoms with E-state index in [1.54, 1.807) is 13.8 Å². The molecule has 0 aliphatic rings. The van der Waals surface area contributed by atoms with Gasteiger partial charge in [-0.1, -0.05) is 20.3 Å². The van der Waals surface area contributed by atoms with Crippen LogP contribution in [0.15, 0.2) is 0 Å². The van der Waals surface area contributed by atoms with E-state index >= 15 is 0 Å². The molecular formula is C13H27N3O2. The maximum atomic E-state index is 11.8. The SMILES string of the molecule is CCNC(=O)C(C)(C)CNC(=O)C(N)C(C)CC. The first-order valence-electron chi connectivity index (χ1n) is 6.57. The van der Waals surface area contributed by atoms with E-state index in [9.17, 15) is 9.59 Å². The molecule has 5 heteroatoms. The molecule has 106 valence electrons. The summed E-state index contributed by atoms with van der Waals surface area (Å²) >= 11 is 0. The van der Waals surface area contributed by atoms with Crippen molar-refractivity contribution in [2.75, 3.05) is 13.1 Å². The Morgan fingerprint density at radius 1 is 1.22 bits per heavy atom. The fourth-order valence-corrected chi connectivity index (χ4v) is 1.42. The first kappa shape index (κ1) is 16.9. The summed E-state index contributed by atoms with van der Waals surface area (Å²) < 4.78 is 0. The van der Waals surface area contributed by atoms with Crippen LogP contribution in [0.2, 0.25) is 0 Å². The summed E-state index contributed by atoms with van der Waals surface area (Å²) in [5, 5.41) is 5.50. The molecule has 0 aromatic carbocycles. The summed E-state index contributed by atoms with van der Waals surface area (Å²) in [5.74, 6) is -0.123. The normalized spacial score (nSPS) is 14.8. The fourth-order valence-electron chi connectivity index (χ4n) is 1.42. The second kappa shape index (κ2) is 7.36. The number of hydrogen-bond donors (Lipinski definition) is 3. The molecule has 18 heavy (non-hydrogen) atoms. The maximum absolute atomic E-state index is 11.8. The highest BCUT2D eigenvalue weighted by atomic mass is 16.2. The topological polar surface area (TPSA) is 84.2 Å². The van der Waals surface area contributed by atoms with Gasteiger partial charge in [-0.05, 0) is 26.7 Å². The molecular weight excluding hydrogens is 230 g/mol. The number of rotatable bonds is 7. The third-order valence-corrected chi connectivity index (χ3v) is 3.22. The number of amides is 2. The van der Waals surface area contributed by atoms with Crippen molar-refractivity contribution in [2.24, 2.45) is 17.1 Å². The molecule has 5 nitrogen and oxygen atoms in total. The Hall–Kier alpha value is -1.10. The lowest BCUT2D eigenvalue weighted by molar-refractivity contribution is -0.130. The summed E-state index contributed by atoms with van der Waals surface area (Å²) in [6, 6.07) is -0.514. The van der Waals surface area contributed by atoms with E-state index in [-0.39, 0.29) is 17.7 Å². The molecule has 0 heterocycles. The predicted octanol–water partition coefficient (Wildman–Crippen LogP) is 0.638. The molecule has 2 atom stereocenters. The van der Waals surface area contributed by atoms with Crippen molar-refractivity contribution >= 4 is 11.8 Å². The molecule has 2 amide bonds. The first-order chi connectivity index (χ1) is 8.26. The molecule has 2 unspecified atom stereocenters. The van der Waals surface area contributed by atoms with Gasteiger partial charge in [-0.3, -0.25) is 9.59 Å². The molecule has 0 aliphatic carbocycles. The van der Waals surface area contributed by atoms with Crippen molar-refractivity contribution < 1.29 is 9.59 Å². The van der Waals surface area contributed by atoms with Gasteiger partial charge in [0.25, 0.3) is 0 Å². The highest BCUT2D eigenvalue weighted by Crippen LogP contribution is 2.14. The molecule has 0 fully saturated rings. The number of carbonyl (C=O) groups excluding carboxylic acids is 2. The Bertz CT molecular complexity index is 290. The van der Waals surface area contributed by atoms with Gasteiger partial charge in [0, 0.05) is 13.1 Å². The maximum Gasteiger partial charge on any atom is 0.237 e. The van der Waals surface area contributed by atoms with Gasteiger partial charge in [0.15, 0.2) is 0 Å². The summed E-state index contributed by atoms with van der Waals surface area (Å²) in [6.45, 7) is 10.3. The van der Waals surface area contributed by atoms with E-state index in [2.05, 4.69) is 10.6 Å². The number of hydrogen-bond acceptors (Lipinski definition) is 3. The summed E-state index contributed by atoms with van der Waals surface area (Å²) in [7, 11) is 0. The second-order valence-corrected chi connectivity index (χ2v) is 5.37. The van der Waals surface area contributed by atoms with Crippen molar-refractivity contribution in [3.63, 3.8) is 0 Å². The van der Waals surface area contributed by atoms with Crippen LogP contribution in [-0.4, -0.2) is 30.9 Å². The zero-order valence-corrected chi connectivity index (χ0v) is 12.2. The molecule has 0 aromatic heterocycles. The third-order valence-electron chi connectivity index (χ3n) is 3.22. The van der Waals surface area contributed by atoms with Crippen molar-refractivity contribution in [2.45, 2.75) is 47.1 Å². The smallest absolute Gasteiger partial charge is 0.237 e. The van der Waals surface area contributed by atoms with Crippen LogP contribution in [0, 0.1) is 11.3 Å². The van der Waals surface area contributed by atoms with E-state index in [0.29, 0.717) is 13.1 Å². The van der Waals surface area contributed by atoms with Crippen LogP contribution >= 0.6 is 0 Å². The van der Waals surface area contributed by atoms with E-state index < -0.39 is 11.5 Å². The van der Waals surface area contributed by atoms with Gasteiger partial charge in [0.1, 0.15) is 0 Å². The van der Waals surface area contributed by atoms with Crippen molar-refractivity contribution in [3.8, 4) is 0 Å². The van der Waals surface area contributed by atoms with Gasteiger partial charge >= 0.3 is 0 Å². The number of nitrogens with two attached hydrogens (primary N) is 1. The molecule has 0 saturated carbocycles. The van der Waals surface area contributed by atoms with Gasteiger partial charge in [-0.2, -0.15) is 0 Å². The van der Waals surface area contributed by atoms with Crippen molar-refractivity contribution in [1.82, 2.24) is 10.6 Å². The highest BCUT2D eigenvalue weighted by Gasteiger charge is 2.29. The van der Waals surface area contributed by atoms with Crippen LogP contribution in [-0.2, 0) is 9.59 Å². The van der Waals surface area contributed by atoms with E-state index in [0.717, 1.165) is 6.42 Å². The van der Waals surface area contributed by atoms with Crippen LogP contribution < -0.4 is 16.4 Å². The van der Waals surface area contributed by atoms with Crippen LogP contribution in [0.1, 0.15) is 41.0 Å². The fraction of sp³-hybridized carbons (Fsp3) is 0.846. The lowest BCUT2D eigenvalue weighted by Crippen LogP contribution is -2.50. The summed E-state index contributed by atoms with van der Waals surface area (Å²) in [6.07, 6.45) is 0.855. The van der Waals surface area contributed by atoms with Gasteiger partial charge < -0.3 is 16.4 Å². The van der Waals surface area contributed by atoms with E-state index in [1.165, 1.54) is 0 Å². The minimum atomic E-state index is -0.624. The standard InChI is InChI=1S/C13H27N3O2/c1-6-9(3)10(14)11(17)16-8-13(4,5)12(18)15-7-2/h9-10H,6-8,14H2,1-5H3,(H,15,18)(H,16,17). The average Bonchev–Trinajstić information content (AvgIpc) is 2.34. The molecule has 0 rings (SSSR count). The largest absolute Gasteiger partial charge is 0.356 e. The van der Waals surface area contributed by atoms with E-state index in [1.807, 2.05) is 20.8 Å². The zero-order chi connectivity index (χ0) is 14.3. The van der Waals surface area contributed by atoms with Crippen molar-refractivity contribution in [1.29, 1.82) is 0 Å². The van der Waals surface area contributed by atoms with Crippen LogP contribution in [0.5, 0.6) is 0 Å². The number of nitrogens with one attached hydrogen (secondary N) is 2. The van der Waals surface area contributed by atoms with Gasteiger partial charge in [0.2, 0.25) is 11.8 Å².